The molecule has 0 spiro atoms. The summed E-state index contributed by atoms with van der Waals surface area (Å²) in [6, 6.07) is 27.0. The molecule has 0 atom stereocenters. The molecule has 1 aliphatic heterocycles. The summed E-state index contributed by atoms with van der Waals surface area (Å²) in [5, 5.41) is 3.03. The number of likely N-dealkylation sites (tertiary alicyclic amines) is 1. The van der Waals surface area contributed by atoms with Crippen LogP contribution in [-0.4, -0.2) is 34.8 Å². The second-order valence-corrected chi connectivity index (χ2v) is 8.71. The third-order valence-corrected chi connectivity index (χ3v) is 6.41. The summed E-state index contributed by atoms with van der Waals surface area (Å²) in [6.07, 6.45) is 2.98. The lowest BCUT2D eigenvalue weighted by Crippen LogP contribution is -2.43. The molecule has 176 valence electrons. The highest BCUT2D eigenvalue weighted by Crippen LogP contribution is 2.29. The normalized spacial score (nSPS) is 14.0. The number of nitrogens with zero attached hydrogens (tertiary/aromatic N) is 2. The third-order valence-electron chi connectivity index (χ3n) is 6.41. The van der Waals surface area contributed by atoms with E-state index in [0.717, 1.165) is 11.1 Å². The lowest BCUT2D eigenvalue weighted by atomic mass is 9.95. The fraction of sp³-hybridized carbons (Fsp3) is 0.207. The van der Waals surface area contributed by atoms with Gasteiger partial charge in [0.2, 0.25) is 11.8 Å². The second-order valence-electron chi connectivity index (χ2n) is 8.71. The fourth-order valence-corrected chi connectivity index (χ4v) is 4.44. The highest BCUT2D eigenvalue weighted by molar-refractivity contribution is 6.00. The summed E-state index contributed by atoms with van der Waals surface area (Å²) in [5.74, 6) is 0.976. The van der Waals surface area contributed by atoms with Crippen LogP contribution >= 0.6 is 0 Å². The van der Waals surface area contributed by atoms with Gasteiger partial charge in [-0.05, 0) is 30.5 Å². The zero-order valence-electron chi connectivity index (χ0n) is 19.4. The minimum Gasteiger partial charge on any atom is -0.436 e. The van der Waals surface area contributed by atoms with E-state index in [1.165, 1.54) is 0 Å². The average Bonchev–Trinajstić information content (AvgIpc) is 3.43. The monoisotopic (exact) mass is 465 g/mol. The molecule has 0 unspecified atom stereocenters. The van der Waals surface area contributed by atoms with E-state index >= 15 is 0 Å². The molecule has 0 saturated carbocycles. The minimum atomic E-state index is -0.0850. The number of aromatic nitrogens is 1. The van der Waals surface area contributed by atoms with Crippen LogP contribution in [-0.2, 0) is 11.3 Å². The SMILES string of the molecule is O=C(NCc1ccccc1)C1CCN(C(=O)c2ccccc2-c2ncc(-c3ccccc3)o2)CC1. The molecule has 6 heteroatoms. The quantitative estimate of drug-likeness (QED) is 0.426. The van der Waals surface area contributed by atoms with E-state index in [-0.39, 0.29) is 17.7 Å². The third kappa shape index (κ3) is 5.17. The van der Waals surface area contributed by atoms with Crippen LogP contribution < -0.4 is 5.32 Å². The van der Waals surface area contributed by atoms with Gasteiger partial charge in [0.15, 0.2) is 5.76 Å². The van der Waals surface area contributed by atoms with Gasteiger partial charge < -0.3 is 14.6 Å². The molecule has 2 heterocycles. The molecular weight excluding hydrogens is 438 g/mol. The molecule has 0 aliphatic carbocycles. The Kier molecular flexibility index (Phi) is 6.70. The van der Waals surface area contributed by atoms with Crippen molar-refractivity contribution in [2.75, 3.05) is 13.1 Å². The van der Waals surface area contributed by atoms with Crippen molar-refractivity contribution in [3.8, 4) is 22.8 Å². The zero-order valence-corrected chi connectivity index (χ0v) is 19.4. The Morgan fingerprint density at radius 1 is 0.886 bits per heavy atom. The summed E-state index contributed by atoms with van der Waals surface area (Å²) >= 11 is 0. The van der Waals surface area contributed by atoms with Crippen molar-refractivity contribution in [1.29, 1.82) is 0 Å². The highest BCUT2D eigenvalue weighted by atomic mass is 16.4. The fourth-order valence-electron chi connectivity index (χ4n) is 4.44. The predicted octanol–water partition coefficient (Wildman–Crippen LogP) is 5.18. The molecule has 3 aromatic carbocycles. The van der Waals surface area contributed by atoms with E-state index in [9.17, 15) is 9.59 Å². The van der Waals surface area contributed by atoms with Crippen LogP contribution in [0.4, 0.5) is 0 Å². The van der Waals surface area contributed by atoms with Gasteiger partial charge in [-0.1, -0.05) is 72.8 Å². The Bertz CT molecular complexity index is 1290. The highest BCUT2D eigenvalue weighted by Gasteiger charge is 2.29. The number of piperidine rings is 1. The minimum absolute atomic E-state index is 0.0505. The summed E-state index contributed by atoms with van der Waals surface area (Å²) < 4.78 is 6.01. The van der Waals surface area contributed by atoms with E-state index in [1.807, 2.05) is 89.8 Å². The molecule has 4 aromatic rings. The first kappa shape index (κ1) is 22.6. The Morgan fingerprint density at radius 2 is 1.54 bits per heavy atom. The van der Waals surface area contributed by atoms with Gasteiger partial charge in [0, 0.05) is 36.7 Å². The van der Waals surface area contributed by atoms with Gasteiger partial charge in [-0.2, -0.15) is 0 Å². The van der Waals surface area contributed by atoms with Crippen molar-refractivity contribution in [3.05, 3.63) is 102 Å². The van der Waals surface area contributed by atoms with Gasteiger partial charge in [-0.3, -0.25) is 9.59 Å². The van der Waals surface area contributed by atoms with Crippen LogP contribution in [0, 0.1) is 5.92 Å². The summed E-state index contributed by atoms with van der Waals surface area (Å²) in [6.45, 7) is 1.60. The molecule has 1 fully saturated rings. The first-order valence-electron chi connectivity index (χ1n) is 11.9. The number of oxazole rings is 1. The summed E-state index contributed by atoms with van der Waals surface area (Å²) in [5.41, 5.74) is 3.23. The Balaban J connectivity index is 1.23. The van der Waals surface area contributed by atoms with Gasteiger partial charge >= 0.3 is 0 Å². The molecule has 1 N–H and O–H groups in total. The maximum absolute atomic E-state index is 13.4. The van der Waals surface area contributed by atoms with Crippen LogP contribution in [0.1, 0.15) is 28.8 Å². The van der Waals surface area contributed by atoms with Crippen LogP contribution in [0.2, 0.25) is 0 Å². The smallest absolute Gasteiger partial charge is 0.254 e. The first-order valence-corrected chi connectivity index (χ1v) is 11.9. The molecule has 0 bridgehead atoms. The number of hydrogen-bond donors (Lipinski definition) is 1. The molecule has 1 aromatic heterocycles. The van der Waals surface area contributed by atoms with Gasteiger partial charge in [-0.25, -0.2) is 4.98 Å². The number of benzene rings is 3. The van der Waals surface area contributed by atoms with Gasteiger partial charge in [0.05, 0.1) is 11.8 Å². The van der Waals surface area contributed by atoms with E-state index < -0.39 is 0 Å². The Morgan fingerprint density at radius 3 is 2.29 bits per heavy atom. The first-order chi connectivity index (χ1) is 17.2. The molecule has 1 saturated heterocycles. The van der Waals surface area contributed by atoms with Crippen molar-refractivity contribution in [3.63, 3.8) is 0 Å². The zero-order chi connectivity index (χ0) is 24.0. The number of amides is 2. The van der Waals surface area contributed by atoms with Crippen molar-refractivity contribution < 1.29 is 14.0 Å². The number of rotatable bonds is 6. The average molecular weight is 466 g/mol. The standard InChI is InChI=1S/C29H27N3O3/c33-27(30-19-21-9-3-1-4-10-21)23-15-17-32(18-16-23)29(34)25-14-8-7-13-24(25)28-31-20-26(35-28)22-11-5-2-6-12-22/h1-14,20,23H,15-19H2,(H,30,33). The van der Waals surface area contributed by atoms with Crippen molar-refractivity contribution >= 4 is 11.8 Å². The lowest BCUT2D eigenvalue weighted by molar-refractivity contribution is -0.126. The van der Waals surface area contributed by atoms with Crippen LogP contribution in [0.25, 0.3) is 22.8 Å². The number of nitrogens with one attached hydrogen (secondary N) is 1. The van der Waals surface area contributed by atoms with E-state index in [1.54, 1.807) is 6.20 Å². The topological polar surface area (TPSA) is 75.4 Å². The van der Waals surface area contributed by atoms with Gasteiger partial charge in [0.25, 0.3) is 5.91 Å². The maximum atomic E-state index is 13.4. The van der Waals surface area contributed by atoms with Gasteiger partial charge in [0.1, 0.15) is 0 Å². The molecular formula is C29H27N3O3. The molecule has 1 aliphatic rings. The van der Waals surface area contributed by atoms with Crippen molar-refractivity contribution in [2.45, 2.75) is 19.4 Å². The predicted molar refractivity (Wildman–Crippen MR) is 134 cm³/mol. The Labute approximate surface area is 204 Å². The van der Waals surface area contributed by atoms with E-state index in [0.29, 0.717) is 55.3 Å². The molecule has 6 nitrogen and oxygen atoms in total. The van der Waals surface area contributed by atoms with Gasteiger partial charge in [-0.15, -0.1) is 0 Å². The molecule has 35 heavy (non-hydrogen) atoms. The summed E-state index contributed by atoms with van der Waals surface area (Å²) in [7, 11) is 0. The maximum Gasteiger partial charge on any atom is 0.254 e. The number of carbonyl (C=O) groups excluding carboxylic acids is 2. The molecule has 2 amide bonds. The lowest BCUT2D eigenvalue weighted by Gasteiger charge is -2.31. The number of carbonyl (C=O) groups is 2. The van der Waals surface area contributed by atoms with Crippen LogP contribution in [0.5, 0.6) is 0 Å². The second kappa shape index (κ2) is 10.4. The Hall–Kier alpha value is -4.19. The summed E-state index contributed by atoms with van der Waals surface area (Å²) in [4.78, 5) is 32.3. The van der Waals surface area contributed by atoms with E-state index in [4.69, 9.17) is 4.42 Å². The van der Waals surface area contributed by atoms with Crippen molar-refractivity contribution in [1.82, 2.24) is 15.2 Å². The molecule has 5 rings (SSSR count). The van der Waals surface area contributed by atoms with Crippen LogP contribution in [0.3, 0.4) is 0 Å². The van der Waals surface area contributed by atoms with Crippen molar-refractivity contribution in [2.24, 2.45) is 5.92 Å². The largest absolute Gasteiger partial charge is 0.436 e. The van der Waals surface area contributed by atoms with E-state index in [2.05, 4.69) is 10.3 Å². The van der Waals surface area contributed by atoms with Crippen LogP contribution in [0.15, 0.2) is 95.5 Å². The molecule has 0 radical (unpaired) electrons. The number of hydrogen-bond acceptors (Lipinski definition) is 4.